The monoisotopic (exact) mass is 1960 g/mol. The fourth-order valence-corrected chi connectivity index (χ4v) is 29.3. The highest BCUT2D eigenvalue weighted by molar-refractivity contribution is 6.12. The Bertz CT molecular complexity index is 6100. The maximum Gasteiger partial charge on any atom is 0.282 e. The topological polar surface area (TPSA) is 383 Å². The number of fused-ring (bicyclic) bond motifs is 18. The Morgan fingerprint density at radius 2 is 0.894 bits per heavy atom. The van der Waals surface area contributed by atoms with Gasteiger partial charge in [0.25, 0.3) is 6.04 Å². The van der Waals surface area contributed by atoms with E-state index in [0.717, 1.165) is 195 Å². The zero-order valence-electron chi connectivity index (χ0n) is 90.0. The molecule has 14 aliphatic rings. The van der Waals surface area contributed by atoms with Crippen LogP contribution < -0.4 is 34.0 Å². The standard InChI is InChI=1S/C19H28N2O3.C18H23N3O2.C18H25N3O2.C18H21N3O2.C18H24N2O3.C17H24N2O2.CH4.ClH2NO/c1-12-20-15-13(16(21-12)22-5)6-7-14-17(2,3)19(23-10-11-24-19)9-8-18(14,15)4;1-10-20-14-12(16(21-10)22-5)6-7-13-17(2,3)15-11(9-19-23-15)8-18(13,14)4;2*1-10-20-14-11(16(21-10)23-6)7-8-13-17(2,3)15(22)12(19-5)9-18(13,14)4;1-10-19-14-12(16(20-10)23-5)6-7-13-17(2,3)15(22)11(9-21)8-18(13,14)4;1-10-18-14-11(15(19-10)21-5)6-7-12-16(2,3)13(20)8-9-17(12,14)4;;1-2-3/h14H,6-11H2,1-5H3;9,13H,6-8H2,1-5H3;12-13,16H,7-9H2,1-4,6H3,(H,20,21);9,13H,7-8H2,1-4,6H3;9,13,21H,6-8H2,1-5H3;12H,6-9H2,1-5H3;1H4;2-3H/b;;;;11-9-;;;/t14-,18-;13-,18-;12?,13-,16?,18-;2*13-,18-;12-,17-;;/m000000../s1/i;;;;;;1T;. The second-order valence-corrected chi connectivity index (χ2v) is 45.9. The van der Waals surface area contributed by atoms with E-state index in [0.29, 0.717) is 90.9 Å². The average molecular weight is 1960 g/mol. The molecule has 32 heteroatoms. The minimum absolute atomic E-state index is 0.0125. The first-order valence-corrected chi connectivity index (χ1v) is 49.9. The van der Waals surface area contributed by atoms with Crippen molar-refractivity contribution in [3.05, 3.63) is 161 Å². The molecule has 1 saturated heterocycles. The van der Waals surface area contributed by atoms with Crippen LogP contribution in [-0.2, 0) is 104 Å². The van der Waals surface area contributed by atoms with Crippen molar-refractivity contribution >= 4 is 40.7 Å². The van der Waals surface area contributed by atoms with Crippen molar-refractivity contribution in [2.24, 2.45) is 73.0 Å². The van der Waals surface area contributed by atoms with Crippen LogP contribution in [0, 0.1) is 116 Å². The first-order chi connectivity index (χ1) is 66.7. The number of nitrogens with zero attached hydrogens (tertiary/aromatic N) is 14. The number of ether oxygens (including phenoxy) is 8. The summed E-state index contributed by atoms with van der Waals surface area (Å²) in [6.45, 7) is 66.4. The summed E-state index contributed by atoms with van der Waals surface area (Å²) in [5.74, 6) is 10.8. The Hall–Kier alpha value is -10.2. The molecule has 4 saturated carbocycles. The van der Waals surface area contributed by atoms with Crippen LogP contribution in [0.4, 0.5) is 0 Å². The summed E-state index contributed by atoms with van der Waals surface area (Å²) in [7, 11) is 11.2. The van der Waals surface area contributed by atoms with Gasteiger partial charge in [-0.1, -0.05) is 143 Å². The number of halogens is 1. The third kappa shape index (κ3) is 17.8. The molecule has 0 amide bonds. The van der Waals surface area contributed by atoms with Gasteiger partial charge in [0.1, 0.15) is 46.5 Å². The van der Waals surface area contributed by atoms with Crippen LogP contribution in [-0.4, -0.2) is 168 Å². The largest absolute Gasteiger partial charge is 0.515 e. The molecule has 764 valence electrons. The zero-order chi connectivity index (χ0) is 105. The number of amidine groups is 1. The molecule has 8 heterocycles. The highest BCUT2D eigenvalue weighted by Gasteiger charge is 2.67. The molecule has 0 radical (unpaired) electrons. The van der Waals surface area contributed by atoms with E-state index in [1.807, 2.05) is 95.4 Å². The lowest BCUT2D eigenvalue weighted by Gasteiger charge is -2.59. The lowest BCUT2D eigenvalue weighted by atomic mass is 9.49. The number of Topliss-reactive ketones (excluding diaryl/α,β-unsaturated/α-hetero) is 4. The number of carbonyl (C=O) groups excluding carboxylic acids is 4. The van der Waals surface area contributed by atoms with Gasteiger partial charge in [0.2, 0.25) is 40.9 Å². The first-order valence-electron chi connectivity index (χ1n) is 50.6. The van der Waals surface area contributed by atoms with Crippen molar-refractivity contribution in [2.45, 2.75) is 346 Å². The predicted octanol–water partition coefficient (Wildman–Crippen LogP) is 19.1. The van der Waals surface area contributed by atoms with Crippen molar-refractivity contribution in [1.29, 1.82) is 0 Å². The van der Waals surface area contributed by atoms with E-state index in [1.54, 1.807) is 42.7 Å². The van der Waals surface area contributed by atoms with Crippen molar-refractivity contribution < 1.29 is 73.3 Å². The van der Waals surface area contributed by atoms with Gasteiger partial charge >= 0.3 is 0 Å². The minimum atomic E-state index is -0.576. The summed E-state index contributed by atoms with van der Waals surface area (Å²) in [5, 5.41) is 24.2. The number of methoxy groups -OCH3 is 6. The Balaban J connectivity index is 0.000000142. The lowest BCUT2D eigenvalue weighted by molar-refractivity contribution is -0.276. The van der Waals surface area contributed by atoms with Crippen LogP contribution >= 0.6 is 11.8 Å². The van der Waals surface area contributed by atoms with Crippen LogP contribution in [0.15, 0.2) is 50.6 Å². The number of aliphatic hydroxyl groups excluding tert-OH is 1. The number of aryl methyl sites for hydroxylation is 5. The third-order valence-corrected chi connectivity index (χ3v) is 35.8. The molecule has 31 nitrogen and oxygen atoms in total. The molecule has 14 atom stereocenters. The normalized spacial score (nSPS) is 30.9. The molecule has 4 N–H and O–H groups in total. The number of allylic oxidation sites excluding steroid dienone is 4. The molecule has 6 aromatic heterocycles. The van der Waals surface area contributed by atoms with E-state index in [1.165, 1.54) is 40.4 Å². The molecular weight excluding hydrogens is 1810 g/mol. The van der Waals surface area contributed by atoms with E-state index < -0.39 is 33.5 Å². The van der Waals surface area contributed by atoms with Gasteiger partial charge in [-0.05, 0) is 180 Å². The summed E-state index contributed by atoms with van der Waals surface area (Å²) >= 11 is 4.30. The molecule has 5 fully saturated rings. The fraction of sp³-hybridized carbons (Fsp3) is 0.670. The number of aromatic nitrogens is 11. The molecular formula is C109H151ClN16O15. The summed E-state index contributed by atoms with van der Waals surface area (Å²) in [6.07, 6.45) is 21.0. The number of hydrogen-bond acceptors (Lipinski definition) is 29. The number of ketones is 4. The third-order valence-electron chi connectivity index (χ3n) is 35.8. The van der Waals surface area contributed by atoms with Crippen LogP contribution in [0.1, 0.15) is 321 Å². The van der Waals surface area contributed by atoms with E-state index in [4.69, 9.17) is 82.1 Å². The molecule has 12 aliphatic carbocycles. The predicted molar refractivity (Wildman–Crippen MR) is 535 cm³/mol. The van der Waals surface area contributed by atoms with Crippen LogP contribution in [0.5, 0.6) is 29.4 Å². The Labute approximate surface area is 839 Å². The summed E-state index contributed by atoms with van der Waals surface area (Å²) < 4.78 is 56.8. The van der Waals surface area contributed by atoms with E-state index in [9.17, 15) is 24.3 Å². The molecule has 0 bridgehead atoms. The van der Waals surface area contributed by atoms with Gasteiger partial charge in [0.15, 0.2) is 23.6 Å². The van der Waals surface area contributed by atoms with Gasteiger partial charge < -0.3 is 67.7 Å². The second kappa shape index (κ2) is 39.4. The van der Waals surface area contributed by atoms with Crippen molar-refractivity contribution in [3.8, 4) is 29.4 Å². The first kappa shape index (κ1) is 107. The van der Waals surface area contributed by atoms with Gasteiger partial charge in [-0.25, -0.2) is 41.3 Å². The number of rotatable bonds is 6. The quantitative estimate of drug-likeness (QED) is 0.0395. The van der Waals surface area contributed by atoms with Crippen molar-refractivity contribution in [1.82, 2.24) is 65.3 Å². The Kier molecular flexibility index (Phi) is 29.8. The van der Waals surface area contributed by atoms with Gasteiger partial charge in [0.05, 0.1) is 96.3 Å². The Morgan fingerprint density at radius 3 is 1.34 bits per heavy atom. The smallest absolute Gasteiger partial charge is 0.282 e. The molecule has 141 heavy (non-hydrogen) atoms. The number of nitrogens with one attached hydrogen (secondary N) is 2. The fourth-order valence-electron chi connectivity index (χ4n) is 29.3. The molecule has 0 aromatic carbocycles. The maximum atomic E-state index is 12.7. The van der Waals surface area contributed by atoms with Gasteiger partial charge in [-0.2, -0.15) is 24.9 Å². The highest BCUT2D eigenvalue weighted by Crippen LogP contribution is 2.66. The van der Waals surface area contributed by atoms with Gasteiger partial charge in [-0.3, -0.25) is 14.4 Å². The molecule has 1 spiro atoms. The average Bonchev–Trinajstić information content (AvgIpc) is 1.29. The molecule has 20 rings (SSSR count). The van der Waals surface area contributed by atoms with Crippen LogP contribution in [0.2, 0.25) is 0 Å². The van der Waals surface area contributed by atoms with Crippen LogP contribution in [0.3, 0.4) is 0 Å². The van der Waals surface area contributed by atoms with Crippen LogP contribution in [0.25, 0.3) is 9.69 Å². The number of carbonyl (C=O) groups is 4. The summed E-state index contributed by atoms with van der Waals surface area (Å²) in [4.78, 5) is 109. The van der Waals surface area contributed by atoms with Crippen molar-refractivity contribution in [3.63, 3.8) is 0 Å². The maximum absolute atomic E-state index is 12.7. The van der Waals surface area contributed by atoms with E-state index >= 15 is 0 Å². The lowest BCUT2D eigenvalue weighted by Crippen LogP contribution is -2.61. The van der Waals surface area contributed by atoms with Crippen molar-refractivity contribution in [2.75, 3.05) is 55.9 Å². The van der Waals surface area contributed by atoms with E-state index in [-0.39, 0.29) is 90.3 Å². The summed E-state index contributed by atoms with van der Waals surface area (Å²) in [5.41, 5.74) is 12.1. The summed E-state index contributed by atoms with van der Waals surface area (Å²) in [6, 6.07) is -0.555. The SMILES string of the molecule is COc1nc(C)nc2c1CC[C@H]1C(C)(C)C(=O)/C(=C\O)C[C@]21C.COc1nc(C)nc2c1CC[C@H]1C(C)(C)C(=O)CC[C@]21C.COc1nc(C)nc2c1CC[C@H]1C(C)(C)C3(CC[C@]21C)OCCO3.COc1nc(C)nc2c1CC[C@H]1C(C)(C)c3oncc3C[C@]21C.ONCl.[3H]C.[C-]#[N+]C1=C[C@]2(C)c3nc(C)nc(OC)c3CC[C@H]2C(C)(C)C1=O.[C-]#[N+]C1C[C@]2(C)C3=C(CC[C@H]2C(C)(C)C1=O)C(OC)N=C(C)N3. The number of aliphatic imine (C=N–C) groups is 1. The molecule has 2 unspecified atom stereocenters. The molecule has 6 aromatic rings. The number of hydrogen-bond donors (Lipinski definition) is 4. The number of aliphatic hydroxyl groups is 1. The van der Waals surface area contributed by atoms with Gasteiger partial charge in [0, 0.05) is 155 Å². The zero-order valence-corrected chi connectivity index (χ0v) is 89.8. The van der Waals surface area contributed by atoms with Gasteiger partial charge in [-0.15, -0.1) is 5.00 Å². The second-order valence-electron chi connectivity index (χ2n) is 45.8. The van der Waals surface area contributed by atoms with E-state index in [2.05, 4.69) is 150 Å². The Morgan fingerprint density at radius 1 is 0.496 bits per heavy atom. The highest BCUT2D eigenvalue weighted by atomic mass is 35.5. The minimum Gasteiger partial charge on any atom is -0.515 e. The molecule has 2 aliphatic heterocycles.